The van der Waals surface area contributed by atoms with Gasteiger partial charge in [0, 0.05) is 11.1 Å². The van der Waals surface area contributed by atoms with E-state index in [4.69, 9.17) is 4.74 Å². The number of halogens is 1. The van der Waals surface area contributed by atoms with Crippen molar-refractivity contribution in [2.24, 2.45) is 0 Å². The molecule has 0 bridgehead atoms. The normalized spacial score (nSPS) is 15.4. The van der Waals surface area contributed by atoms with Gasteiger partial charge in [0.25, 0.3) is 0 Å². The number of rotatable bonds is 2. The Hall–Kier alpha value is -1.64. The van der Waals surface area contributed by atoms with Crippen LogP contribution in [-0.4, -0.2) is 12.4 Å². The van der Waals surface area contributed by atoms with Gasteiger partial charge in [-0.15, -0.1) is 0 Å². The first kappa shape index (κ1) is 9.90. The molecule has 0 unspecified atom stereocenters. The predicted molar refractivity (Wildman–Crippen MR) is 54.0 cm³/mol. The number of carbonyl (C=O) groups is 1. The third-order valence-electron chi connectivity index (χ3n) is 2.31. The lowest BCUT2D eigenvalue weighted by atomic mass is 10.00. The Kier molecular flexibility index (Phi) is 2.81. The molecule has 0 aromatic heterocycles. The Labute approximate surface area is 87.4 Å². The Morgan fingerprint density at radius 3 is 2.93 bits per heavy atom. The molecule has 0 N–H and O–H groups in total. The molecule has 3 heteroatoms. The Balaban J connectivity index is 2.24. The first-order valence-corrected chi connectivity index (χ1v) is 4.88. The van der Waals surface area contributed by atoms with Crippen LogP contribution in [0.1, 0.15) is 23.2 Å². The number of benzene rings is 1. The number of hydrogen-bond donors (Lipinski definition) is 0. The minimum atomic E-state index is -0.391. The molecule has 0 atom stereocenters. The van der Waals surface area contributed by atoms with E-state index in [0.29, 0.717) is 24.2 Å². The number of allylic oxidation sites excluding steroid dienone is 1. The quantitative estimate of drug-likeness (QED) is 0.695. The average Bonchev–Trinajstić information content (AvgIpc) is 2.29. The predicted octanol–water partition coefficient (Wildman–Crippen LogP) is 2.70. The molecule has 0 aliphatic carbocycles. The van der Waals surface area contributed by atoms with Gasteiger partial charge in [-0.05, 0) is 25.0 Å². The van der Waals surface area contributed by atoms with Crippen LogP contribution in [0.5, 0.6) is 0 Å². The molecule has 0 amide bonds. The van der Waals surface area contributed by atoms with E-state index in [-0.39, 0.29) is 5.78 Å². The summed E-state index contributed by atoms with van der Waals surface area (Å²) < 4.78 is 18.0. The maximum absolute atomic E-state index is 12.9. The zero-order valence-electron chi connectivity index (χ0n) is 8.20. The SMILES string of the molecule is O=C(C1=COCCC1)c1cccc(F)c1. The summed E-state index contributed by atoms with van der Waals surface area (Å²) >= 11 is 0. The number of ketones is 1. The van der Waals surface area contributed by atoms with Crippen molar-refractivity contribution >= 4 is 5.78 Å². The molecular formula is C12H11FO2. The van der Waals surface area contributed by atoms with E-state index < -0.39 is 5.82 Å². The summed E-state index contributed by atoms with van der Waals surface area (Å²) in [6.45, 7) is 0.653. The van der Waals surface area contributed by atoms with Gasteiger partial charge in [0.2, 0.25) is 0 Å². The van der Waals surface area contributed by atoms with Crippen molar-refractivity contribution in [2.75, 3.05) is 6.61 Å². The smallest absolute Gasteiger partial charge is 0.192 e. The standard InChI is InChI=1S/C12H11FO2/c13-11-5-1-3-9(7-11)12(14)10-4-2-6-15-8-10/h1,3,5,7-8H,2,4,6H2. The lowest BCUT2D eigenvalue weighted by Crippen LogP contribution is -2.09. The molecule has 0 radical (unpaired) electrons. The molecule has 1 heterocycles. The van der Waals surface area contributed by atoms with E-state index in [1.54, 1.807) is 6.07 Å². The van der Waals surface area contributed by atoms with Crippen molar-refractivity contribution in [3.05, 3.63) is 47.5 Å². The van der Waals surface area contributed by atoms with Crippen molar-refractivity contribution in [1.82, 2.24) is 0 Å². The van der Waals surface area contributed by atoms with Crippen molar-refractivity contribution in [3.63, 3.8) is 0 Å². The summed E-state index contributed by atoms with van der Waals surface area (Å²) in [5.74, 6) is -0.535. The molecule has 1 aliphatic heterocycles. The average molecular weight is 206 g/mol. The first-order chi connectivity index (χ1) is 7.27. The van der Waals surface area contributed by atoms with Gasteiger partial charge in [0.1, 0.15) is 5.82 Å². The monoisotopic (exact) mass is 206 g/mol. The van der Waals surface area contributed by atoms with E-state index in [9.17, 15) is 9.18 Å². The summed E-state index contributed by atoms with van der Waals surface area (Å²) in [6.07, 6.45) is 3.03. The van der Waals surface area contributed by atoms with Gasteiger partial charge in [-0.25, -0.2) is 4.39 Å². The molecule has 2 rings (SSSR count). The maximum Gasteiger partial charge on any atom is 0.192 e. The number of ether oxygens (including phenoxy) is 1. The van der Waals surface area contributed by atoms with Gasteiger partial charge < -0.3 is 4.74 Å². The highest BCUT2D eigenvalue weighted by molar-refractivity contribution is 6.08. The van der Waals surface area contributed by atoms with Crippen LogP contribution >= 0.6 is 0 Å². The number of Topliss-reactive ketones (excluding diaryl/α,β-unsaturated/α-hetero) is 1. The minimum Gasteiger partial charge on any atom is -0.501 e. The van der Waals surface area contributed by atoms with Gasteiger partial charge in [-0.3, -0.25) is 4.79 Å². The van der Waals surface area contributed by atoms with E-state index in [1.807, 2.05) is 0 Å². The van der Waals surface area contributed by atoms with Crippen LogP contribution in [0.2, 0.25) is 0 Å². The molecule has 2 nitrogen and oxygen atoms in total. The van der Waals surface area contributed by atoms with Crippen LogP contribution in [0, 0.1) is 5.82 Å². The van der Waals surface area contributed by atoms with Crippen LogP contribution in [0.15, 0.2) is 36.1 Å². The zero-order valence-corrected chi connectivity index (χ0v) is 8.20. The largest absolute Gasteiger partial charge is 0.501 e. The highest BCUT2D eigenvalue weighted by Crippen LogP contribution is 2.17. The molecular weight excluding hydrogens is 195 g/mol. The number of carbonyl (C=O) groups excluding carboxylic acids is 1. The molecule has 0 saturated heterocycles. The van der Waals surface area contributed by atoms with Crippen LogP contribution in [-0.2, 0) is 4.74 Å². The van der Waals surface area contributed by atoms with E-state index in [1.165, 1.54) is 24.5 Å². The molecule has 0 spiro atoms. The Morgan fingerprint density at radius 1 is 1.40 bits per heavy atom. The zero-order chi connectivity index (χ0) is 10.7. The number of hydrogen-bond acceptors (Lipinski definition) is 2. The molecule has 1 aromatic carbocycles. The van der Waals surface area contributed by atoms with Crippen molar-refractivity contribution in [1.29, 1.82) is 0 Å². The van der Waals surface area contributed by atoms with Gasteiger partial charge in [0.05, 0.1) is 12.9 Å². The minimum absolute atomic E-state index is 0.144. The topological polar surface area (TPSA) is 26.3 Å². The van der Waals surface area contributed by atoms with Crippen LogP contribution in [0.4, 0.5) is 4.39 Å². The lowest BCUT2D eigenvalue weighted by molar-refractivity contribution is 0.101. The first-order valence-electron chi connectivity index (χ1n) is 4.88. The summed E-state index contributed by atoms with van der Waals surface area (Å²) in [6, 6.07) is 5.72. The molecule has 0 fully saturated rings. The highest BCUT2D eigenvalue weighted by Gasteiger charge is 2.15. The third-order valence-corrected chi connectivity index (χ3v) is 2.31. The van der Waals surface area contributed by atoms with Gasteiger partial charge in [-0.1, -0.05) is 12.1 Å². The Morgan fingerprint density at radius 2 is 2.27 bits per heavy atom. The van der Waals surface area contributed by atoms with Crippen LogP contribution in [0.3, 0.4) is 0 Å². The second-order valence-corrected chi connectivity index (χ2v) is 3.46. The lowest BCUT2D eigenvalue weighted by Gasteiger charge is -2.12. The van der Waals surface area contributed by atoms with E-state index >= 15 is 0 Å². The van der Waals surface area contributed by atoms with Gasteiger partial charge >= 0.3 is 0 Å². The fourth-order valence-electron chi connectivity index (χ4n) is 1.55. The molecule has 78 valence electrons. The maximum atomic E-state index is 12.9. The van der Waals surface area contributed by atoms with Crippen molar-refractivity contribution in [3.8, 4) is 0 Å². The van der Waals surface area contributed by atoms with Crippen LogP contribution in [0.25, 0.3) is 0 Å². The molecule has 0 saturated carbocycles. The fraction of sp³-hybridized carbons (Fsp3) is 0.250. The van der Waals surface area contributed by atoms with E-state index in [0.717, 1.165) is 6.42 Å². The van der Waals surface area contributed by atoms with E-state index in [2.05, 4.69) is 0 Å². The summed E-state index contributed by atoms with van der Waals surface area (Å²) in [4.78, 5) is 11.8. The summed E-state index contributed by atoms with van der Waals surface area (Å²) in [5.41, 5.74) is 0.999. The van der Waals surface area contributed by atoms with Gasteiger partial charge in [-0.2, -0.15) is 0 Å². The van der Waals surface area contributed by atoms with Crippen molar-refractivity contribution in [2.45, 2.75) is 12.8 Å². The second kappa shape index (κ2) is 4.26. The van der Waals surface area contributed by atoms with Crippen LogP contribution < -0.4 is 0 Å². The second-order valence-electron chi connectivity index (χ2n) is 3.46. The fourth-order valence-corrected chi connectivity index (χ4v) is 1.55. The highest BCUT2D eigenvalue weighted by atomic mass is 19.1. The molecule has 1 aromatic rings. The van der Waals surface area contributed by atoms with Crippen molar-refractivity contribution < 1.29 is 13.9 Å². The summed E-state index contributed by atoms with van der Waals surface area (Å²) in [5, 5.41) is 0. The molecule has 1 aliphatic rings. The third kappa shape index (κ3) is 2.24. The van der Waals surface area contributed by atoms with Gasteiger partial charge in [0.15, 0.2) is 5.78 Å². The Bertz CT molecular complexity index is 410. The summed E-state index contributed by atoms with van der Waals surface area (Å²) in [7, 11) is 0. The molecule has 15 heavy (non-hydrogen) atoms.